The molecule has 0 aliphatic heterocycles. The fourth-order valence-corrected chi connectivity index (χ4v) is 0.812. The lowest BCUT2D eigenvalue weighted by molar-refractivity contribution is -0.312. The van der Waals surface area contributed by atoms with Gasteiger partial charge in [0.15, 0.2) is 6.61 Å². The van der Waals surface area contributed by atoms with Gasteiger partial charge in [0.1, 0.15) is 0 Å². The van der Waals surface area contributed by atoms with Crippen LogP contribution in [0, 0.1) is 0 Å². The first-order valence-electron chi connectivity index (χ1n) is 4.88. The van der Waals surface area contributed by atoms with E-state index in [2.05, 4.69) is 9.47 Å². The maximum atomic E-state index is 12.0. The number of alkyl halides is 9. The minimum atomic E-state index is -5.96. The van der Waals surface area contributed by atoms with E-state index in [1.165, 1.54) is 0 Å². The Morgan fingerprint density at radius 2 is 1.23 bits per heavy atom. The van der Waals surface area contributed by atoms with Gasteiger partial charge in [-0.1, -0.05) is 0 Å². The van der Waals surface area contributed by atoms with Crippen LogP contribution in [0.2, 0.25) is 0 Å². The molecule has 22 heavy (non-hydrogen) atoms. The molecule has 0 aliphatic carbocycles. The van der Waals surface area contributed by atoms with Crippen LogP contribution >= 0.6 is 0 Å². The minimum absolute atomic E-state index is 0.113. The van der Waals surface area contributed by atoms with E-state index in [-0.39, 0.29) is 12.2 Å². The average molecular weight is 348 g/mol. The molecule has 4 nitrogen and oxygen atoms in total. The van der Waals surface area contributed by atoms with Crippen molar-refractivity contribution in [1.29, 1.82) is 0 Å². The molecule has 13 heteroatoms. The van der Waals surface area contributed by atoms with Gasteiger partial charge < -0.3 is 9.47 Å². The molecule has 0 heterocycles. The molecule has 0 saturated carbocycles. The van der Waals surface area contributed by atoms with Crippen LogP contribution < -0.4 is 0 Å². The van der Waals surface area contributed by atoms with Gasteiger partial charge >= 0.3 is 30.5 Å². The molecule has 0 atom stereocenters. The van der Waals surface area contributed by atoms with E-state index in [1.54, 1.807) is 0 Å². The second-order valence-corrected chi connectivity index (χ2v) is 3.46. The van der Waals surface area contributed by atoms with Gasteiger partial charge in [0.05, 0.1) is 0 Å². The van der Waals surface area contributed by atoms with Crippen LogP contribution in [0.25, 0.3) is 0 Å². The minimum Gasteiger partial charge on any atom is -0.453 e. The van der Waals surface area contributed by atoms with E-state index >= 15 is 0 Å². The molecule has 0 N–H and O–H groups in total. The third-order valence-corrected chi connectivity index (χ3v) is 1.56. The van der Waals surface area contributed by atoms with Crippen LogP contribution in [0.3, 0.4) is 0 Å². The molecule has 0 saturated heterocycles. The van der Waals surface area contributed by atoms with E-state index < -0.39 is 43.2 Å². The first kappa shape index (κ1) is 20.1. The molecular formula is C9H5F9O4. The number of carbonyl (C=O) groups excluding carboxylic acids is 2. The summed E-state index contributed by atoms with van der Waals surface area (Å²) in [5, 5.41) is 0. The second-order valence-electron chi connectivity index (χ2n) is 3.46. The molecule has 0 amide bonds. The van der Waals surface area contributed by atoms with E-state index in [0.717, 1.165) is 0 Å². The van der Waals surface area contributed by atoms with Crippen molar-refractivity contribution in [2.45, 2.75) is 24.6 Å². The van der Waals surface area contributed by atoms with Gasteiger partial charge in [0, 0.05) is 12.2 Å². The number of hydrogen-bond acceptors (Lipinski definition) is 4. The van der Waals surface area contributed by atoms with Gasteiger partial charge in [-0.25, -0.2) is 9.59 Å². The lowest BCUT2D eigenvalue weighted by Crippen LogP contribution is -2.45. The predicted molar refractivity (Wildman–Crippen MR) is 48.1 cm³/mol. The first-order valence-corrected chi connectivity index (χ1v) is 4.88. The number of rotatable bonds is 4. The monoisotopic (exact) mass is 348 g/mol. The topological polar surface area (TPSA) is 52.6 Å². The van der Waals surface area contributed by atoms with Gasteiger partial charge in [-0.05, 0) is 0 Å². The quantitative estimate of drug-likeness (QED) is 0.445. The Labute approximate surface area is 115 Å². The van der Waals surface area contributed by atoms with Crippen molar-refractivity contribution in [3.63, 3.8) is 0 Å². The van der Waals surface area contributed by atoms with E-state index in [9.17, 15) is 49.1 Å². The highest BCUT2D eigenvalue weighted by molar-refractivity contribution is 5.91. The number of carbonyl (C=O) groups is 2. The smallest absolute Gasteiger partial charge is 0.434 e. The fourth-order valence-electron chi connectivity index (χ4n) is 0.812. The average Bonchev–Trinajstić information content (AvgIpc) is 2.27. The molecule has 0 aliphatic rings. The van der Waals surface area contributed by atoms with Gasteiger partial charge in [0.25, 0.3) is 6.10 Å². The fraction of sp³-hybridized carbons (Fsp3) is 0.556. The van der Waals surface area contributed by atoms with E-state index in [4.69, 9.17) is 0 Å². The highest BCUT2D eigenvalue weighted by Crippen LogP contribution is 2.35. The molecule has 128 valence electrons. The summed E-state index contributed by atoms with van der Waals surface area (Å²) in [5.74, 6) is -4.06. The summed E-state index contributed by atoms with van der Waals surface area (Å²) >= 11 is 0. The van der Waals surface area contributed by atoms with Crippen molar-refractivity contribution in [3.8, 4) is 0 Å². The molecule has 0 aromatic carbocycles. The highest BCUT2D eigenvalue weighted by Gasteiger charge is 2.59. The summed E-state index contributed by atoms with van der Waals surface area (Å²) < 4.78 is 113. The summed E-state index contributed by atoms with van der Waals surface area (Å²) in [6.45, 7) is -2.06. The third kappa shape index (κ3) is 8.36. The second kappa shape index (κ2) is 6.87. The highest BCUT2D eigenvalue weighted by atomic mass is 19.4. The maximum absolute atomic E-state index is 12.0. The predicted octanol–water partition coefficient (Wildman–Crippen LogP) is 2.68. The molecule has 0 fully saturated rings. The van der Waals surface area contributed by atoms with Gasteiger partial charge in [-0.15, -0.1) is 0 Å². The number of hydrogen-bond donors (Lipinski definition) is 0. The van der Waals surface area contributed by atoms with Crippen LogP contribution in [-0.4, -0.2) is 43.2 Å². The van der Waals surface area contributed by atoms with Gasteiger partial charge in [-0.3, -0.25) is 0 Å². The lowest BCUT2D eigenvalue weighted by Gasteiger charge is -2.22. The Bertz CT molecular complexity index is 418. The van der Waals surface area contributed by atoms with Crippen LogP contribution in [0.1, 0.15) is 0 Å². The number of esters is 2. The van der Waals surface area contributed by atoms with E-state index in [0.29, 0.717) is 0 Å². The molecular weight excluding hydrogens is 343 g/mol. The van der Waals surface area contributed by atoms with Crippen molar-refractivity contribution in [3.05, 3.63) is 12.2 Å². The standard InChI is InChI=1S/C9H5F9O4/c10-7(11,12)3-21-4(19)1-2-5(20)22-6(8(13,14)15)9(16,17)18/h1-2,6H,3H2/b2-1-. The summed E-state index contributed by atoms with van der Waals surface area (Å²) in [4.78, 5) is 21.3. The summed E-state index contributed by atoms with van der Waals surface area (Å²) in [6.07, 6.45) is -21.6. The van der Waals surface area contributed by atoms with Crippen molar-refractivity contribution in [2.75, 3.05) is 6.61 Å². The maximum Gasteiger partial charge on any atom is 0.434 e. The largest absolute Gasteiger partial charge is 0.453 e. The van der Waals surface area contributed by atoms with Crippen LogP contribution in [0.4, 0.5) is 39.5 Å². The van der Waals surface area contributed by atoms with E-state index in [1.807, 2.05) is 0 Å². The van der Waals surface area contributed by atoms with Crippen molar-refractivity contribution < 1.29 is 58.6 Å². The Balaban J connectivity index is 4.66. The zero-order valence-electron chi connectivity index (χ0n) is 9.97. The van der Waals surface area contributed by atoms with Crippen LogP contribution in [-0.2, 0) is 19.1 Å². The Morgan fingerprint density at radius 1 is 0.818 bits per heavy atom. The lowest BCUT2D eigenvalue weighted by atomic mass is 10.3. The zero-order valence-corrected chi connectivity index (χ0v) is 9.97. The summed E-state index contributed by atoms with van der Waals surface area (Å²) in [7, 11) is 0. The SMILES string of the molecule is O=C(/C=C\C(=O)OC(C(F)(F)F)C(F)(F)F)OCC(F)(F)F. The van der Waals surface area contributed by atoms with Crippen molar-refractivity contribution in [2.24, 2.45) is 0 Å². The van der Waals surface area contributed by atoms with Crippen molar-refractivity contribution in [1.82, 2.24) is 0 Å². The number of halogens is 9. The first-order chi connectivity index (χ1) is 9.63. The Morgan fingerprint density at radius 3 is 1.59 bits per heavy atom. The molecule has 0 bridgehead atoms. The normalized spacial score (nSPS) is 13.5. The number of ether oxygens (including phenoxy) is 2. The van der Waals surface area contributed by atoms with Gasteiger partial charge in [0.2, 0.25) is 0 Å². The molecule has 0 aromatic heterocycles. The van der Waals surface area contributed by atoms with Gasteiger partial charge in [-0.2, -0.15) is 39.5 Å². The Hall–Kier alpha value is -1.95. The molecule has 0 aromatic rings. The Kier molecular flexibility index (Phi) is 6.26. The molecule has 0 rings (SSSR count). The van der Waals surface area contributed by atoms with Crippen molar-refractivity contribution >= 4 is 11.9 Å². The van der Waals surface area contributed by atoms with Crippen LogP contribution in [0.15, 0.2) is 12.2 Å². The molecule has 0 spiro atoms. The third-order valence-electron chi connectivity index (χ3n) is 1.56. The molecule has 0 radical (unpaired) electrons. The zero-order chi connectivity index (χ0) is 17.8. The molecule has 0 unspecified atom stereocenters. The van der Waals surface area contributed by atoms with Crippen LogP contribution in [0.5, 0.6) is 0 Å². The summed E-state index contributed by atoms with van der Waals surface area (Å²) in [6, 6.07) is 0. The summed E-state index contributed by atoms with van der Waals surface area (Å²) in [5.41, 5.74) is 0.